The summed E-state index contributed by atoms with van der Waals surface area (Å²) in [5, 5.41) is 0. The van der Waals surface area contributed by atoms with Gasteiger partial charge in [0.2, 0.25) is 0 Å². The molecule has 0 spiro atoms. The third kappa shape index (κ3) is 7.80. The monoisotopic (exact) mass is 378 g/mol. The van der Waals surface area contributed by atoms with E-state index in [0.29, 0.717) is 5.56 Å². The van der Waals surface area contributed by atoms with Gasteiger partial charge < -0.3 is 0 Å². The lowest BCUT2D eigenvalue weighted by molar-refractivity contribution is -0.116. The SMILES string of the molecule is CCCCCCCCCCc1ccc(-c2ccc(C(=O)CC(C)=O)cc2)cc1. The molecule has 2 rings (SSSR count). The van der Waals surface area contributed by atoms with E-state index in [1.165, 1.54) is 63.9 Å². The molecule has 0 atom stereocenters. The minimum Gasteiger partial charge on any atom is -0.300 e. The minimum atomic E-state index is -0.111. The minimum absolute atomic E-state index is 0.0210. The lowest BCUT2D eigenvalue weighted by Crippen LogP contribution is -2.04. The van der Waals surface area contributed by atoms with Crippen molar-refractivity contribution in [3.63, 3.8) is 0 Å². The zero-order valence-corrected chi connectivity index (χ0v) is 17.5. The summed E-state index contributed by atoms with van der Waals surface area (Å²) in [5.41, 5.74) is 4.25. The molecule has 0 unspecified atom stereocenters. The quantitative estimate of drug-likeness (QED) is 0.210. The molecule has 0 aliphatic heterocycles. The molecule has 0 bridgehead atoms. The Morgan fingerprint density at radius 2 is 1.18 bits per heavy atom. The second-order valence-corrected chi connectivity index (χ2v) is 7.80. The van der Waals surface area contributed by atoms with Crippen molar-refractivity contribution in [2.45, 2.75) is 78.1 Å². The molecule has 0 heterocycles. The zero-order chi connectivity index (χ0) is 20.2. The van der Waals surface area contributed by atoms with Crippen LogP contribution in [0.15, 0.2) is 48.5 Å². The highest BCUT2D eigenvalue weighted by molar-refractivity contribution is 6.07. The van der Waals surface area contributed by atoms with Crippen molar-refractivity contribution in [3.8, 4) is 11.1 Å². The van der Waals surface area contributed by atoms with Gasteiger partial charge in [-0.25, -0.2) is 0 Å². The van der Waals surface area contributed by atoms with Gasteiger partial charge in [0.1, 0.15) is 5.78 Å². The fraction of sp³-hybridized carbons (Fsp3) is 0.462. The lowest BCUT2D eigenvalue weighted by Gasteiger charge is -2.06. The van der Waals surface area contributed by atoms with E-state index in [-0.39, 0.29) is 18.0 Å². The fourth-order valence-electron chi connectivity index (χ4n) is 3.50. The predicted molar refractivity (Wildman–Crippen MR) is 118 cm³/mol. The molecule has 0 N–H and O–H groups in total. The van der Waals surface area contributed by atoms with Crippen LogP contribution in [0.1, 0.15) is 87.6 Å². The van der Waals surface area contributed by atoms with Crippen molar-refractivity contribution in [2.24, 2.45) is 0 Å². The maximum absolute atomic E-state index is 11.9. The Morgan fingerprint density at radius 3 is 1.71 bits per heavy atom. The van der Waals surface area contributed by atoms with Gasteiger partial charge in [0.15, 0.2) is 5.78 Å². The first kappa shape index (κ1) is 22.1. The van der Waals surface area contributed by atoms with E-state index in [4.69, 9.17) is 0 Å². The third-order valence-corrected chi connectivity index (χ3v) is 5.22. The van der Waals surface area contributed by atoms with Gasteiger partial charge in [0.05, 0.1) is 6.42 Å². The highest BCUT2D eigenvalue weighted by atomic mass is 16.1. The van der Waals surface area contributed by atoms with Crippen molar-refractivity contribution in [1.29, 1.82) is 0 Å². The van der Waals surface area contributed by atoms with E-state index >= 15 is 0 Å². The van der Waals surface area contributed by atoms with Gasteiger partial charge in [0.25, 0.3) is 0 Å². The van der Waals surface area contributed by atoms with Gasteiger partial charge in [-0.05, 0) is 36.5 Å². The van der Waals surface area contributed by atoms with Crippen LogP contribution in [0.3, 0.4) is 0 Å². The summed E-state index contributed by atoms with van der Waals surface area (Å²) in [6.45, 7) is 3.71. The van der Waals surface area contributed by atoms with Gasteiger partial charge >= 0.3 is 0 Å². The lowest BCUT2D eigenvalue weighted by atomic mass is 9.98. The molecule has 150 valence electrons. The smallest absolute Gasteiger partial charge is 0.170 e. The maximum Gasteiger partial charge on any atom is 0.170 e. The molecule has 2 aromatic carbocycles. The largest absolute Gasteiger partial charge is 0.300 e. The number of hydrogen-bond donors (Lipinski definition) is 0. The van der Waals surface area contributed by atoms with Crippen LogP contribution in [0.4, 0.5) is 0 Å². The molecule has 28 heavy (non-hydrogen) atoms. The van der Waals surface area contributed by atoms with Gasteiger partial charge in [-0.2, -0.15) is 0 Å². The number of ketones is 2. The van der Waals surface area contributed by atoms with Crippen molar-refractivity contribution in [1.82, 2.24) is 0 Å². The van der Waals surface area contributed by atoms with E-state index in [1.54, 1.807) is 0 Å². The second kappa shape index (κ2) is 12.3. The number of benzene rings is 2. The molecule has 0 saturated heterocycles. The second-order valence-electron chi connectivity index (χ2n) is 7.80. The van der Waals surface area contributed by atoms with Crippen LogP contribution in [-0.4, -0.2) is 11.6 Å². The normalized spacial score (nSPS) is 10.8. The number of carbonyl (C=O) groups is 2. The summed E-state index contributed by atoms with van der Waals surface area (Å²) in [7, 11) is 0. The molecule has 2 heteroatoms. The molecule has 2 nitrogen and oxygen atoms in total. The first-order valence-corrected chi connectivity index (χ1v) is 10.8. The van der Waals surface area contributed by atoms with E-state index < -0.39 is 0 Å². The van der Waals surface area contributed by atoms with Crippen LogP contribution in [0, 0.1) is 0 Å². The Morgan fingerprint density at radius 1 is 0.679 bits per heavy atom. The number of rotatable bonds is 13. The molecular formula is C26H34O2. The molecule has 0 aromatic heterocycles. The van der Waals surface area contributed by atoms with E-state index in [2.05, 4.69) is 31.2 Å². The Kier molecular flexibility index (Phi) is 9.68. The topological polar surface area (TPSA) is 34.1 Å². The van der Waals surface area contributed by atoms with Crippen molar-refractivity contribution in [3.05, 3.63) is 59.7 Å². The van der Waals surface area contributed by atoms with Crippen LogP contribution in [0.5, 0.6) is 0 Å². The maximum atomic E-state index is 11.9. The summed E-state index contributed by atoms with van der Waals surface area (Å²) in [6, 6.07) is 16.3. The molecule has 0 fully saturated rings. The fourth-order valence-corrected chi connectivity index (χ4v) is 3.50. The first-order valence-electron chi connectivity index (χ1n) is 10.8. The Balaban J connectivity index is 1.77. The van der Waals surface area contributed by atoms with Crippen molar-refractivity contribution < 1.29 is 9.59 Å². The average molecular weight is 379 g/mol. The van der Waals surface area contributed by atoms with Crippen LogP contribution in [0.25, 0.3) is 11.1 Å². The van der Waals surface area contributed by atoms with Crippen molar-refractivity contribution >= 4 is 11.6 Å². The highest BCUT2D eigenvalue weighted by Gasteiger charge is 2.08. The summed E-state index contributed by atoms with van der Waals surface area (Å²) in [4.78, 5) is 23.0. The van der Waals surface area contributed by atoms with Crippen LogP contribution < -0.4 is 0 Å². The van der Waals surface area contributed by atoms with Gasteiger partial charge in [-0.15, -0.1) is 0 Å². The number of unbranched alkanes of at least 4 members (excludes halogenated alkanes) is 7. The zero-order valence-electron chi connectivity index (χ0n) is 17.5. The first-order chi connectivity index (χ1) is 13.6. The molecule has 0 saturated carbocycles. The number of hydrogen-bond acceptors (Lipinski definition) is 2. The van der Waals surface area contributed by atoms with Gasteiger partial charge in [0, 0.05) is 5.56 Å². The third-order valence-electron chi connectivity index (χ3n) is 5.22. The molecule has 2 aromatic rings. The molecule has 0 radical (unpaired) electrons. The number of aryl methyl sites for hydroxylation is 1. The van der Waals surface area contributed by atoms with Gasteiger partial charge in [-0.1, -0.05) is 100 Å². The Labute approximate surface area is 170 Å². The van der Waals surface area contributed by atoms with E-state index in [1.807, 2.05) is 24.3 Å². The standard InChI is InChI=1S/C26H34O2/c1-3-4-5-6-7-8-9-10-11-22-12-14-23(15-13-22)24-16-18-25(19-17-24)26(28)20-21(2)27/h12-19H,3-11,20H2,1-2H3. The van der Waals surface area contributed by atoms with Crippen LogP contribution in [-0.2, 0) is 11.2 Å². The molecule has 0 aliphatic rings. The molecule has 0 amide bonds. The highest BCUT2D eigenvalue weighted by Crippen LogP contribution is 2.22. The summed E-state index contributed by atoms with van der Waals surface area (Å²) >= 11 is 0. The van der Waals surface area contributed by atoms with Crippen LogP contribution in [0.2, 0.25) is 0 Å². The van der Waals surface area contributed by atoms with E-state index in [9.17, 15) is 9.59 Å². The summed E-state index contributed by atoms with van der Waals surface area (Å²) in [5.74, 6) is -0.207. The Hall–Kier alpha value is -2.22. The van der Waals surface area contributed by atoms with Crippen LogP contribution >= 0.6 is 0 Å². The molecule has 0 aliphatic carbocycles. The van der Waals surface area contributed by atoms with E-state index in [0.717, 1.165) is 17.5 Å². The number of carbonyl (C=O) groups excluding carboxylic acids is 2. The molecular weight excluding hydrogens is 344 g/mol. The number of Topliss-reactive ketones (excluding diaryl/α,β-unsaturated/α-hetero) is 2. The van der Waals surface area contributed by atoms with Gasteiger partial charge in [-0.3, -0.25) is 9.59 Å². The average Bonchev–Trinajstić information content (AvgIpc) is 2.70. The Bertz CT molecular complexity index is 726. The van der Waals surface area contributed by atoms with Crippen molar-refractivity contribution in [2.75, 3.05) is 0 Å². The predicted octanol–water partition coefficient (Wildman–Crippen LogP) is 7.20. The summed E-state index contributed by atoms with van der Waals surface area (Å²) in [6.07, 6.45) is 11.9. The summed E-state index contributed by atoms with van der Waals surface area (Å²) < 4.78 is 0.